The molecule has 116 valence electrons. The van der Waals surface area contributed by atoms with E-state index >= 15 is 0 Å². The van der Waals surface area contributed by atoms with Crippen LogP contribution in [0.3, 0.4) is 0 Å². The molecule has 1 aromatic rings. The van der Waals surface area contributed by atoms with Crippen LogP contribution >= 0.6 is 0 Å². The molecule has 6 heteroatoms. The first-order valence-electron chi connectivity index (χ1n) is 6.46. The Bertz CT molecular complexity index is 629. The summed E-state index contributed by atoms with van der Waals surface area (Å²) in [6.07, 6.45) is 2.81. The van der Waals surface area contributed by atoms with Crippen LogP contribution in [0.5, 0.6) is 5.75 Å². The van der Waals surface area contributed by atoms with Gasteiger partial charge >= 0.3 is 5.97 Å². The molecule has 1 aromatic carbocycles. The van der Waals surface area contributed by atoms with Crippen LogP contribution in [0.4, 0.5) is 0 Å². The van der Waals surface area contributed by atoms with Gasteiger partial charge in [0, 0.05) is 0 Å². The zero-order chi connectivity index (χ0) is 16.3. The van der Waals surface area contributed by atoms with Gasteiger partial charge in [-0.05, 0) is 37.1 Å². The van der Waals surface area contributed by atoms with Crippen molar-refractivity contribution in [2.45, 2.75) is 30.4 Å². The lowest BCUT2D eigenvalue weighted by molar-refractivity contribution is -0.138. The number of carboxylic acid groups (broad SMARTS) is 1. The van der Waals surface area contributed by atoms with Crippen LogP contribution < -0.4 is 4.74 Å². The van der Waals surface area contributed by atoms with Crippen LogP contribution in [0.2, 0.25) is 0 Å². The highest BCUT2D eigenvalue weighted by molar-refractivity contribution is 7.93. The molecule has 0 aliphatic rings. The first-order valence-corrected chi connectivity index (χ1v) is 7.95. The van der Waals surface area contributed by atoms with Crippen molar-refractivity contribution in [2.24, 2.45) is 5.92 Å². The minimum Gasteiger partial charge on any atom is -0.497 e. The highest BCUT2D eigenvalue weighted by atomic mass is 32.2. The van der Waals surface area contributed by atoms with E-state index in [0.29, 0.717) is 5.75 Å². The standard InChI is InChI=1S/C15H20O5S/c1-11(2)9-10-15(3,14(16)17)21(18,19)13-7-5-12(20-4)6-8-13/h5-11H,1-4H3,(H,16,17). The molecule has 5 nitrogen and oxygen atoms in total. The maximum atomic E-state index is 12.6. The number of hydrogen-bond acceptors (Lipinski definition) is 4. The van der Waals surface area contributed by atoms with Crippen molar-refractivity contribution in [1.29, 1.82) is 0 Å². The van der Waals surface area contributed by atoms with E-state index in [1.807, 2.05) is 13.8 Å². The number of rotatable bonds is 6. The van der Waals surface area contributed by atoms with Gasteiger partial charge in [0.2, 0.25) is 0 Å². The second kappa shape index (κ2) is 6.30. The van der Waals surface area contributed by atoms with Crippen molar-refractivity contribution >= 4 is 15.8 Å². The summed E-state index contributed by atoms with van der Waals surface area (Å²) in [4.78, 5) is 11.5. The summed E-state index contributed by atoms with van der Waals surface area (Å²) in [7, 11) is -2.59. The van der Waals surface area contributed by atoms with Gasteiger partial charge in [-0.15, -0.1) is 0 Å². The Kier molecular flexibility index (Phi) is 5.17. The summed E-state index contributed by atoms with van der Waals surface area (Å²) in [6.45, 7) is 4.88. The Labute approximate surface area is 125 Å². The normalized spacial score (nSPS) is 15.1. The molecule has 0 aliphatic heterocycles. The number of allylic oxidation sites excluding steroid dienone is 1. The zero-order valence-corrected chi connectivity index (χ0v) is 13.3. The summed E-state index contributed by atoms with van der Waals surface area (Å²) in [5, 5.41) is 9.39. The third-order valence-corrected chi connectivity index (χ3v) is 5.47. The lowest BCUT2D eigenvalue weighted by Crippen LogP contribution is -2.41. The second-order valence-corrected chi connectivity index (χ2v) is 7.52. The third-order valence-electron chi connectivity index (χ3n) is 3.15. The van der Waals surface area contributed by atoms with Gasteiger partial charge in [-0.2, -0.15) is 0 Å². The first-order chi connectivity index (χ1) is 9.65. The predicted octanol–water partition coefficient (Wildman–Crippen LogP) is 2.52. The van der Waals surface area contributed by atoms with E-state index in [4.69, 9.17) is 4.74 Å². The van der Waals surface area contributed by atoms with E-state index in [0.717, 1.165) is 0 Å². The summed E-state index contributed by atoms with van der Waals surface area (Å²) < 4.78 is 28.2. The van der Waals surface area contributed by atoms with Crippen LogP contribution in [-0.4, -0.2) is 31.4 Å². The number of carboxylic acids is 1. The quantitative estimate of drug-likeness (QED) is 0.816. The molecule has 1 rings (SSSR count). The molecule has 0 saturated carbocycles. The molecule has 0 amide bonds. The van der Waals surface area contributed by atoms with Crippen LogP contribution in [0.15, 0.2) is 41.3 Å². The molecule has 1 atom stereocenters. The molecule has 0 radical (unpaired) electrons. The van der Waals surface area contributed by atoms with Crippen molar-refractivity contribution in [3.05, 3.63) is 36.4 Å². The van der Waals surface area contributed by atoms with Crippen LogP contribution in [0, 0.1) is 5.92 Å². The van der Waals surface area contributed by atoms with Crippen LogP contribution in [0.25, 0.3) is 0 Å². The minimum absolute atomic E-state index is 0.0507. The predicted molar refractivity (Wildman–Crippen MR) is 80.2 cm³/mol. The van der Waals surface area contributed by atoms with Crippen molar-refractivity contribution in [2.75, 3.05) is 7.11 Å². The number of aliphatic carboxylic acids is 1. The number of hydrogen-bond donors (Lipinski definition) is 1. The largest absolute Gasteiger partial charge is 0.497 e. The number of carbonyl (C=O) groups is 1. The number of ether oxygens (including phenoxy) is 1. The fraction of sp³-hybridized carbons (Fsp3) is 0.400. The SMILES string of the molecule is COc1ccc(S(=O)(=O)C(C)(C=CC(C)C)C(=O)O)cc1. The summed E-state index contributed by atoms with van der Waals surface area (Å²) >= 11 is 0. The molecule has 0 bridgehead atoms. The summed E-state index contributed by atoms with van der Waals surface area (Å²) in [5.74, 6) is -0.853. The zero-order valence-electron chi connectivity index (χ0n) is 12.5. The van der Waals surface area contributed by atoms with E-state index < -0.39 is 20.6 Å². The van der Waals surface area contributed by atoms with Gasteiger partial charge in [0.25, 0.3) is 0 Å². The van der Waals surface area contributed by atoms with Crippen LogP contribution in [-0.2, 0) is 14.6 Å². The van der Waals surface area contributed by atoms with Gasteiger partial charge in [-0.25, -0.2) is 8.42 Å². The topological polar surface area (TPSA) is 80.7 Å². The molecule has 1 unspecified atom stereocenters. The molecule has 1 N–H and O–H groups in total. The fourth-order valence-corrected chi connectivity index (χ4v) is 3.12. The van der Waals surface area contributed by atoms with Gasteiger partial charge in [0.05, 0.1) is 12.0 Å². The van der Waals surface area contributed by atoms with E-state index in [1.165, 1.54) is 44.4 Å². The van der Waals surface area contributed by atoms with E-state index in [1.54, 1.807) is 6.08 Å². The Morgan fingerprint density at radius 1 is 1.29 bits per heavy atom. The number of sulfone groups is 1. The first kappa shape index (κ1) is 17.2. The van der Waals surface area contributed by atoms with Gasteiger partial charge in [0.15, 0.2) is 14.6 Å². The van der Waals surface area contributed by atoms with Gasteiger partial charge < -0.3 is 9.84 Å². The monoisotopic (exact) mass is 312 g/mol. The smallest absolute Gasteiger partial charge is 0.329 e. The Hall–Kier alpha value is -1.82. The van der Waals surface area contributed by atoms with Gasteiger partial charge in [-0.3, -0.25) is 4.79 Å². The number of benzene rings is 1. The molecule has 21 heavy (non-hydrogen) atoms. The molecule has 0 spiro atoms. The molecule has 0 aliphatic carbocycles. The maximum Gasteiger partial charge on any atom is 0.329 e. The molecule has 0 saturated heterocycles. The summed E-state index contributed by atoms with van der Waals surface area (Å²) in [6, 6.07) is 5.67. The molecular weight excluding hydrogens is 292 g/mol. The van der Waals surface area contributed by atoms with E-state index in [2.05, 4.69) is 0 Å². The maximum absolute atomic E-state index is 12.6. The molecule has 0 fully saturated rings. The molecule has 0 aromatic heterocycles. The van der Waals surface area contributed by atoms with E-state index in [9.17, 15) is 18.3 Å². The summed E-state index contributed by atoms with van der Waals surface area (Å²) in [5.41, 5.74) is 0. The van der Waals surface area contributed by atoms with Crippen molar-refractivity contribution in [3.8, 4) is 5.75 Å². The second-order valence-electron chi connectivity index (χ2n) is 5.19. The highest BCUT2D eigenvalue weighted by Gasteiger charge is 2.45. The lowest BCUT2D eigenvalue weighted by atomic mass is 10.1. The number of methoxy groups -OCH3 is 1. The highest BCUT2D eigenvalue weighted by Crippen LogP contribution is 2.29. The Morgan fingerprint density at radius 2 is 1.81 bits per heavy atom. The van der Waals surface area contributed by atoms with Crippen molar-refractivity contribution < 1.29 is 23.1 Å². The molecule has 0 heterocycles. The Balaban J connectivity index is 3.37. The van der Waals surface area contributed by atoms with Crippen molar-refractivity contribution in [3.63, 3.8) is 0 Å². The average Bonchev–Trinajstić information content (AvgIpc) is 2.44. The average molecular weight is 312 g/mol. The van der Waals surface area contributed by atoms with Gasteiger partial charge in [0.1, 0.15) is 5.75 Å². The fourth-order valence-electron chi connectivity index (χ4n) is 1.65. The Morgan fingerprint density at radius 3 is 2.19 bits per heavy atom. The van der Waals surface area contributed by atoms with Gasteiger partial charge in [-0.1, -0.05) is 26.0 Å². The lowest BCUT2D eigenvalue weighted by Gasteiger charge is -2.22. The van der Waals surface area contributed by atoms with Crippen LogP contribution in [0.1, 0.15) is 20.8 Å². The molecular formula is C15H20O5S. The third kappa shape index (κ3) is 3.44. The van der Waals surface area contributed by atoms with E-state index in [-0.39, 0.29) is 10.8 Å². The van der Waals surface area contributed by atoms with Crippen molar-refractivity contribution in [1.82, 2.24) is 0 Å². The minimum atomic E-state index is -4.06.